The molecular weight excluding hydrogens is 265 g/mol. The van der Waals surface area contributed by atoms with Gasteiger partial charge in [0.1, 0.15) is 11.3 Å². The summed E-state index contributed by atoms with van der Waals surface area (Å²) in [6, 6.07) is 2.98. The van der Waals surface area contributed by atoms with Gasteiger partial charge in [0.05, 0.1) is 20.9 Å². The molecule has 0 saturated heterocycles. The fraction of sp³-hybridized carbons (Fsp3) is 0.0909. The zero-order valence-corrected chi connectivity index (χ0v) is 10.2. The molecule has 0 spiro atoms. The molecule has 0 unspecified atom stereocenters. The molecule has 1 aromatic heterocycles. The summed E-state index contributed by atoms with van der Waals surface area (Å²) in [6.07, 6.45) is 0. The van der Waals surface area contributed by atoms with Crippen LogP contribution in [0, 0.1) is 0 Å². The van der Waals surface area contributed by atoms with Crippen LogP contribution in [0.1, 0.15) is 17.3 Å². The highest BCUT2D eigenvalue weighted by Gasteiger charge is 2.18. The van der Waals surface area contributed by atoms with E-state index >= 15 is 0 Å². The minimum absolute atomic E-state index is 0.170. The number of ketones is 1. The molecule has 0 saturated carbocycles. The number of carbonyl (C=O) groups is 1. The number of pyridine rings is 1. The molecule has 2 rings (SSSR count). The van der Waals surface area contributed by atoms with Gasteiger partial charge in [0, 0.05) is 0 Å². The number of rotatable bonds is 1. The van der Waals surface area contributed by atoms with Crippen LogP contribution < -0.4 is 5.56 Å². The summed E-state index contributed by atoms with van der Waals surface area (Å²) in [7, 11) is 0. The Kier molecular flexibility index (Phi) is 2.85. The van der Waals surface area contributed by atoms with Crippen molar-refractivity contribution < 1.29 is 9.90 Å². The molecule has 0 amide bonds. The number of aromatic amines is 1. The van der Waals surface area contributed by atoms with Gasteiger partial charge in [0.15, 0.2) is 5.78 Å². The maximum Gasteiger partial charge on any atom is 0.263 e. The predicted molar refractivity (Wildman–Crippen MR) is 66.3 cm³/mol. The van der Waals surface area contributed by atoms with Gasteiger partial charge in [-0.1, -0.05) is 23.2 Å². The second kappa shape index (κ2) is 4.05. The molecule has 0 bridgehead atoms. The van der Waals surface area contributed by atoms with Crippen LogP contribution in [0.25, 0.3) is 10.9 Å². The van der Waals surface area contributed by atoms with Crippen molar-refractivity contribution in [3.8, 4) is 5.75 Å². The Bertz CT molecular complexity index is 691. The molecule has 0 aliphatic carbocycles. The van der Waals surface area contributed by atoms with Crippen LogP contribution in [0.3, 0.4) is 0 Å². The van der Waals surface area contributed by atoms with Gasteiger partial charge in [0.25, 0.3) is 5.56 Å². The second-order valence-electron chi connectivity index (χ2n) is 3.51. The van der Waals surface area contributed by atoms with E-state index in [0.717, 1.165) is 0 Å². The lowest BCUT2D eigenvalue weighted by atomic mass is 10.1. The molecule has 0 aliphatic rings. The highest BCUT2D eigenvalue weighted by Crippen LogP contribution is 2.35. The molecule has 0 fully saturated rings. The van der Waals surface area contributed by atoms with Crippen molar-refractivity contribution in [2.75, 3.05) is 0 Å². The van der Waals surface area contributed by atoms with Gasteiger partial charge in [-0.25, -0.2) is 0 Å². The summed E-state index contributed by atoms with van der Waals surface area (Å²) in [5.41, 5.74) is -0.792. The number of hydrogen-bond acceptors (Lipinski definition) is 3. The number of H-pyrrole nitrogens is 1. The zero-order valence-electron chi connectivity index (χ0n) is 8.67. The second-order valence-corrected chi connectivity index (χ2v) is 4.33. The number of nitrogens with one attached hydrogen (secondary N) is 1. The first-order chi connectivity index (χ1) is 7.93. The largest absolute Gasteiger partial charge is 0.506 e. The fourth-order valence-electron chi connectivity index (χ4n) is 1.64. The topological polar surface area (TPSA) is 70.2 Å². The maximum atomic E-state index is 11.6. The molecule has 1 aromatic carbocycles. The number of Topliss-reactive ketones (excluding diaryl/α,β-unsaturated/α-hetero) is 1. The van der Waals surface area contributed by atoms with E-state index in [9.17, 15) is 14.7 Å². The Morgan fingerprint density at radius 3 is 2.47 bits per heavy atom. The summed E-state index contributed by atoms with van der Waals surface area (Å²) in [5, 5.41) is 10.5. The minimum Gasteiger partial charge on any atom is -0.506 e. The number of halogens is 2. The van der Waals surface area contributed by atoms with E-state index in [1.54, 1.807) is 0 Å². The molecule has 17 heavy (non-hydrogen) atoms. The molecule has 88 valence electrons. The van der Waals surface area contributed by atoms with Gasteiger partial charge in [-0.15, -0.1) is 0 Å². The van der Waals surface area contributed by atoms with Gasteiger partial charge < -0.3 is 10.1 Å². The van der Waals surface area contributed by atoms with Crippen molar-refractivity contribution in [1.82, 2.24) is 4.98 Å². The number of benzene rings is 1. The lowest BCUT2D eigenvalue weighted by Crippen LogP contribution is -2.16. The van der Waals surface area contributed by atoms with Crippen LogP contribution in [0.5, 0.6) is 5.75 Å². The SMILES string of the molecule is CC(=O)c1c(O)c2c(Cl)ccc(Cl)c2[nH]c1=O. The van der Waals surface area contributed by atoms with Crippen molar-refractivity contribution >= 4 is 39.9 Å². The van der Waals surface area contributed by atoms with E-state index in [2.05, 4.69) is 4.98 Å². The molecule has 0 atom stereocenters. The normalized spacial score (nSPS) is 10.8. The lowest BCUT2D eigenvalue weighted by Gasteiger charge is -2.07. The smallest absolute Gasteiger partial charge is 0.263 e. The first kappa shape index (κ1) is 12.0. The molecule has 4 nitrogen and oxygen atoms in total. The number of aromatic hydroxyl groups is 1. The molecule has 1 heterocycles. The number of carbonyl (C=O) groups excluding carboxylic acids is 1. The van der Waals surface area contributed by atoms with Crippen LogP contribution in [0.2, 0.25) is 10.0 Å². The molecule has 6 heteroatoms. The Morgan fingerprint density at radius 2 is 1.88 bits per heavy atom. The van der Waals surface area contributed by atoms with Gasteiger partial charge in [0.2, 0.25) is 0 Å². The molecular formula is C11H7Cl2NO3. The first-order valence-electron chi connectivity index (χ1n) is 4.67. The summed E-state index contributed by atoms with van der Waals surface area (Å²) in [6.45, 7) is 1.19. The predicted octanol–water partition coefficient (Wildman–Crippen LogP) is 2.74. The third-order valence-electron chi connectivity index (χ3n) is 2.39. The van der Waals surface area contributed by atoms with E-state index in [0.29, 0.717) is 0 Å². The van der Waals surface area contributed by atoms with Crippen molar-refractivity contribution in [3.05, 3.63) is 38.1 Å². The van der Waals surface area contributed by atoms with Crippen molar-refractivity contribution in [3.63, 3.8) is 0 Å². The highest BCUT2D eigenvalue weighted by molar-refractivity contribution is 6.40. The molecule has 0 radical (unpaired) electrons. The van der Waals surface area contributed by atoms with Crippen LogP contribution in [-0.4, -0.2) is 15.9 Å². The Morgan fingerprint density at radius 1 is 1.29 bits per heavy atom. The van der Waals surface area contributed by atoms with Crippen molar-refractivity contribution in [1.29, 1.82) is 0 Å². The van der Waals surface area contributed by atoms with Gasteiger partial charge in [-0.3, -0.25) is 9.59 Å². The van der Waals surface area contributed by atoms with E-state index in [4.69, 9.17) is 23.2 Å². The number of aromatic nitrogens is 1. The van der Waals surface area contributed by atoms with Crippen LogP contribution in [-0.2, 0) is 0 Å². The Balaban J connectivity index is 3.08. The molecule has 0 aliphatic heterocycles. The number of hydrogen-bond donors (Lipinski definition) is 2. The first-order valence-corrected chi connectivity index (χ1v) is 5.43. The van der Waals surface area contributed by atoms with Gasteiger partial charge in [-0.05, 0) is 19.1 Å². The van der Waals surface area contributed by atoms with E-state index < -0.39 is 17.1 Å². The van der Waals surface area contributed by atoms with Gasteiger partial charge in [-0.2, -0.15) is 0 Å². The Hall–Kier alpha value is -1.52. The standard InChI is InChI=1S/C11H7Cl2NO3/c1-4(15)7-10(16)8-5(12)2-3-6(13)9(8)14-11(7)17/h2-3H,1H3,(H2,14,16,17). The number of fused-ring (bicyclic) bond motifs is 1. The minimum atomic E-state index is -0.688. The van der Waals surface area contributed by atoms with Crippen LogP contribution in [0.4, 0.5) is 0 Å². The quantitative estimate of drug-likeness (QED) is 0.784. The third-order valence-corrected chi connectivity index (χ3v) is 3.02. The van der Waals surface area contributed by atoms with Crippen molar-refractivity contribution in [2.45, 2.75) is 6.92 Å². The van der Waals surface area contributed by atoms with Crippen molar-refractivity contribution in [2.24, 2.45) is 0 Å². The summed E-state index contributed by atoms with van der Waals surface area (Å²) < 4.78 is 0. The third kappa shape index (κ3) is 1.79. The maximum absolute atomic E-state index is 11.6. The zero-order chi connectivity index (χ0) is 12.7. The highest BCUT2D eigenvalue weighted by atomic mass is 35.5. The average molecular weight is 272 g/mol. The summed E-state index contributed by atoms with van der Waals surface area (Å²) >= 11 is 11.8. The van der Waals surface area contributed by atoms with Crippen LogP contribution >= 0.6 is 23.2 Å². The Labute approximate surface area is 106 Å². The molecule has 2 aromatic rings. The van der Waals surface area contributed by atoms with Gasteiger partial charge >= 0.3 is 0 Å². The van der Waals surface area contributed by atoms with Crippen LogP contribution in [0.15, 0.2) is 16.9 Å². The lowest BCUT2D eigenvalue weighted by molar-refractivity contribution is 0.101. The fourth-order valence-corrected chi connectivity index (χ4v) is 2.09. The molecule has 2 N–H and O–H groups in total. The summed E-state index contributed by atoms with van der Waals surface area (Å²) in [5.74, 6) is -0.981. The summed E-state index contributed by atoms with van der Waals surface area (Å²) in [4.78, 5) is 25.3. The van der Waals surface area contributed by atoms with E-state index in [1.165, 1.54) is 19.1 Å². The van der Waals surface area contributed by atoms with E-state index in [1.807, 2.05) is 0 Å². The average Bonchev–Trinajstić information content (AvgIpc) is 2.22. The monoisotopic (exact) mass is 271 g/mol. The van der Waals surface area contributed by atoms with E-state index in [-0.39, 0.29) is 26.5 Å².